The molecule has 0 aliphatic carbocycles. The Labute approximate surface area is 118 Å². The number of aliphatic imine (C=N–C) groups is 1. The molecule has 20 heavy (non-hydrogen) atoms. The van der Waals surface area contributed by atoms with E-state index in [1.54, 1.807) is 6.08 Å². The van der Waals surface area contributed by atoms with E-state index in [0.717, 1.165) is 5.56 Å². The fourth-order valence-corrected chi connectivity index (χ4v) is 1.26. The van der Waals surface area contributed by atoms with E-state index in [1.165, 1.54) is 31.7 Å². The van der Waals surface area contributed by atoms with Crippen LogP contribution in [0.25, 0.3) is 0 Å². The zero-order chi connectivity index (χ0) is 14.8. The van der Waals surface area contributed by atoms with Gasteiger partial charge in [0.15, 0.2) is 0 Å². The average Bonchev–Trinajstić information content (AvgIpc) is 2.46. The molecule has 0 saturated carbocycles. The monoisotopic (exact) mass is 271 g/mol. The maximum atomic E-state index is 11.1. The first kappa shape index (κ1) is 15.4. The molecule has 0 N–H and O–H groups in total. The lowest BCUT2D eigenvalue weighted by atomic mass is 10.2. The predicted molar refractivity (Wildman–Crippen MR) is 79.7 cm³/mol. The summed E-state index contributed by atoms with van der Waals surface area (Å²) >= 11 is 0. The van der Waals surface area contributed by atoms with Gasteiger partial charge in [-0.05, 0) is 31.2 Å². The number of methoxy groups -OCH3 is 1. The van der Waals surface area contributed by atoms with Gasteiger partial charge >= 0.3 is 5.97 Å². The van der Waals surface area contributed by atoms with Crippen LogP contribution < -0.4 is 4.74 Å². The van der Waals surface area contributed by atoms with Gasteiger partial charge in [0, 0.05) is 18.5 Å². The lowest BCUT2D eigenvalue weighted by Crippen LogP contribution is -1.97. The van der Waals surface area contributed by atoms with Gasteiger partial charge in [-0.25, -0.2) is 4.79 Å². The molecule has 104 valence electrons. The number of benzene rings is 1. The molecule has 0 aromatic heterocycles. The highest BCUT2D eigenvalue weighted by molar-refractivity contribution is 5.82. The first-order valence-corrected chi connectivity index (χ1v) is 6.00. The summed E-state index contributed by atoms with van der Waals surface area (Å²) < 4.78 is 10.2. The number of aryl methyl sites for hydroxylation is 1. The molecule has 0 heterocycles. The number of carbonyl (C=O) groups excluding carboxylic acids is 1. The van der Waals surface area contributed by atoms with Crippen molar-refractivity contribution in [2.75, 3.05) is 7.11 Å². The second kappa shape index (κ2) is 8.48. The van der Waals surface area contributed by atoms with Crippen LogP contribution in [0, 0.1) is 6.92 Å². The van der Waals surface area contributed by atoms with Crippen LogP contribution >= 0.6 is 0 Å². The number of esters is 1. The van der Waals surface area contributed by atoms with Crippen molar-refractivity contribution in [1.29, 1.82) is 0 Å². The Kier molecular flexibility index (Phi) is 6.54. The summed E-state index contributed by atoms with van der Waals surface area (Å²) in [5.41, 5.74) is 1.14. The van der Waals surface area contributed by atoms with Crippen molar-refractivity contribution in [3.8, 4) is 5.75 Å². The minimum absolute atomic E-state index is 0.455. The van der Waals surface area contributed by atoms with Gasteiger partial charge in [-0.15, -0.1) is 0 Å². The molecule has 0 atom stereocenters. The standard InChI is InChI=1S/C16H17NO3/c1-4-17-12-11-15(9-10-16(18)19-3)20-14-7-5-13(2)6-8-14/h4-12H,1H2,2-3H3/b10-9+,15-11+,17-12?. The predicted octanol–water partition coefficient (Wildman–Crippen LogP) is 3.20. The van der Waals surface area contributed by atoms with Crippen LogP contribution in [0.3, 0.4) is 0 Å². The molecule has 0 amide bonds. The van der Waals surface area contributed by atoms with Gasteiger partial charge in [-0.1, -0.05) is 24.3 Å². The van der Waals surface area contributed by atoms with E-state index < -0.39 is 5.97 Å². The molecule has 1 aromatic rings. The largest absolute Gasteiger partial charge is 0.466 e. The molecule has 1 aromatic carbocycles. The van der Waals surface area contributed by atoms with Crippen molar-refractivity contribution in [3.63, 3.8) is 0 Å². The number of allylic oxidation sites excluding steroid dienone is 2. The van der Waals surface area contributed by atoms with E-state index in [1.807, 2.05) is 31.2 Å². The third-order valence-corrected chi connectivity index (χ3v) is 2.27. The Balaban J connectivity index is 2.87. The van der Waals surface area contributed by atoms with E-state index in [-0.39, 0.29) is 0 Å². The topological polar surface area (TPSA) is 47.9 Å². The second-order valence-corrected chi connectivity index (χ2v) is 3.82. The molecular weight excluding hydrogens is 254 g/mol. The molecular formula is C16H17NO3. The van der Waals surface area contributed by atoms with Gasteiger partial charge in [0.1, 0.15) is 11.5 Å². The van der Waals surface area contributed by atoms with Gasteiger partial charge in [0.05, 0.1) is 7.11 Å². The SMILES string of the molecule is C=CN=C/C=C(\C=C\C(=O)OC)Oc1ccc(C)cc1. The van der Waals surface area contributed by atoms with Gasteiger partial charge < -0.3 is 9.47 Å². The maximum Gasteiger partial charge on any atom is 0.330 e. The highest BCUT2D eigenvalue weighted by Crippen LogP contribution is 2.15. The molecule has 0 aliphatic heterocycles. The van der Waals surface area contributed by atoms with E-state index in [9.17, 15) is 4.79 Å². The number of carbonyl (C=O) groups is 1. The summed E-state index contributed by atoms with van der Waals surface area (Å²) in [6.45, 7) is 5.47. The molecule has 0 bridgehead atoms. The Hall–Kier alpha value is -2.62. The third-order valence-electron chi connectivity index (χ3n) is 2.27. The minimum Gasteiger partial charge on any atom is -0.466 e. The van der Waals surface area contributed by atoms with Crippen molar-refractivity contribution >= 4 is 12.2 Å². The van der Waals surface area contributed by atoms with Crippen LogP contribution in [0.2, 0.25) is 0 Å². The second-order valence-electron chi connectivity index (χ2n) is 3.82. The normalized spacial score (nSPS) is 11.8. The highest BCUT2D eigenvalue weighted by atomic mass is 16.5. The summed E-state index contributed by atoms with van der Waals surface area (Å²) in [5, 5.41) is 0. The zero-order valence-corrected chi connectivity index (χ0v) is 11.6. The van der Waals surface area contributed by atoms with Gasteiger partial charge in [0.2, 0.25) is 0 Å². The molecule has 0 unspecified atom stereocenters. The van der Waals surface area contributed by atoms with Crippen LogP contribution in [0.15, 0.2) is 66.0 Å². The van der Waals surface area contributed by atoms with E-state index in [4.69, 9.17) is 4.74 Å². The maximum absolute atomic E-state index is 11.1. The lowest BCUT2D eigenvalue weighted by molar-refractivity contribution is -0.134. The first-order chi connectivity index (χ1) is 9.65. The van der Waals surface area contributed by atoms with Crippen LogP contribution in [-0.4, -0.2) is 19.3 Å². The number of hydrogen-bond donors (Lipinski definition) is 0. The summed E-state index contributed by atoms with van der Waals surface area (Å²) in [6, 6.07) is 7.57. The molecule has 0 saturated heterocycles. The Bertz CT molecular complexity index is 539. The molecule has 4 nitrogen and oxygen atoms in total. The Morgan fingerprint density at radius 3 is 2.55 bits per heavy atom. The van der Waals surface area contributed by atoms with Gasteiger partial charge in [-0.2, -0.15) is 0 Å². The van der Waals surface area contributed by atoms with Crippen molar-refractivity contribution in [1.82, 2.24) is 0 Å². The minimum atomic E-state index is -0.455. The number of nitrogens with zero attached hydrogens (tertiary/aromatic N) is 1. The summed E-state index contributed by atoms with van der Waals surface area (Å²) in [6.07, 6.45) is 7.35. The molecule has 0 fully saturated rings. The summed E-state index contributed by atoms with van der Waals surface area (Å²) in [4.78, 5) is 14.9. The fourth-order valence-electron chi connectivity index (χ4n) is 1.26. The summed E-state index contributed by atoms with van der Waals surface area (Å²) in [5.74, 6) is 0.678. The number of hydrogen-bond acceptors (Lipinski definition) is 4. The molecule has 0 aliphatic rings. The Morgan fingerprint density at radius 1 is 1.25 bits per heavy atom. The fraction of sp³-hybridized carbons (Fsp3) is 0.125. The van der Waals surface area contributed by atoms with Gasteiger partial charge in [0.25, 0.3) is 0 Å². The summed E-state index contributed by atoms with van der Waals surface area (Å²) in [7, 11) is 1.32. The molecule has 0 spiro atoms. The van der Waals surface area contributed by atoms with Crippen LogP contribution in [0.4, 0.5) is 0 Å². The van der Waals surface area contributed by atoms with Crippen molar-refractivity contribution in [2.45, 2.75) is 6.92 Å². The smallest absolute Gasteiger partial charge is 0.330 e. The van der Waals surface area contributed by atoms with E-state index >= 15 is 0 Å². The van der Waals surface area contributed by atoms with E-state index in [2.05, 4.69) is 16.3 Å². The number of rotatable bonds is 6. The van der Waals surface area contributed by atoms with Crippen molar-refractivity contribution in [3.05, 3.63) is 66.6 Å². The zero-order valence-electron chi connectivity index (χ0n) is 11.6. The number of ether oxygens (including phenoxy) is 2. The molecule has 1 rings (SSSR count). The van der Waals surface area contributed by atoms with Crippen LogP contribution in [-0.2, 0) is 9.53 Å². The van der Waals surface area contributed by atoms with Crippen LogP contribution in [0.5, 0.6) is 5.75 Å². The molecule has 0 radical (unpaired) electrons. The molecule has 4 heteroatoms. The van der Waals surface area contributed by atoms with E-state index in [0.29, 0.717) is 11.5 Å². The van der Waals surface area contributed by atoms with Gasteiger partial charge in [-0.3, -0.25) is 4.99 Å². The first-order valence-electron chi connectivity index (χ1n) is 6.00. The van der Waals surface area contributed by atoms with Crippen molar-refractivity contribution < 1.29 is 14.3 Å². The Morgan fingerprint density at radius 2 is 1.95 bits per heavy atom. The average molecular weight is 271 g/mol. The van der Waals surface area contributed by atoms with Crippen LogP contribution in [0.1, 0.15) is 5.56 Å². The highest BCUT2D eigenvalue weighted by Gasteiger charge is 1.98. The lowest BCUT2D eigenvalue weighted by Gasteiger charge is -2.06. The van der Waals surface area contributed by atoms with Crippen molar-refractivity contribution in [2.24, 2.45) is 4.99 Å². The quantitative estimate of drug-likeness (QED) is 0.262. The third kappa shape index (κ3) is 5.82.